The maximum atomic E-state index is 13.3. The molecule has 0 bridgehead atoms. The molecular formula is C21H18FN3O3. The van der Waals surface area contributed by atoms with Crippen LogP contribution in [0.25, 0.3) is 22.4 Å². The van der Waals surface area contributed by atoms with Crippen LogP contribution in [0.15, 0.2) is 42.5 Å². The van der Waals surface area contributed by atoms with Crippen molar-refractivity contribution in [2.24, 2.45) is 0 Å². The molecule has 0 aliphatic heterocycles. The first-order chi connectivity index (χ1) is 13.5. The van der Waals surface area contributed by atoms with Gasteiger partial charge in [-0.05, 0) is 48.0 Å². The van der Waals surface area contributed by atoms with Gasteiger partial charge in [-0.1, -0.05) is 0 Å². The highest BCUT2D eigenvalue weighted by Crippen LogP contribution is 2.42. The zero-order valence-electron chi connectivity index (χ0n) is 15.6. The first-order valence-corrected chi connectivity index (χ1v) is 8.29. The van der Waals surface area contributed by atoms with E-state index in [1.165, 1.54) is 33.5 Å². The molecule has 0 saturated heterocycles. The molecule has 0 unspecified atom stereocenters. The number of anilines is 1. The molecule has 0 aliphatic rings. The van der Waals surface area contributed by atoms with Gasteiger partial charge in [0.25, 0.3) is 0 Å². The van der Waals surface area contributed by atoms with Gasteiger partial charge in [0.2, 0.25) is 5.75 Å². The van der Waals surface area contributed by atoms with Crippen LogP contribution in [0.2, 0.25) is 0 Å². The number of hydrogen-bond acceptors (Lipinski definition) is 6. The van der Waals surface area contributed by atoms with Crippen molar-refractivity contribution in [3.63, 3.8) is 0 Å². The van der Waals surface area contributed by atoms with Crippen LogP contribution in [0.5, 0.6) is 17.2 Å². The van der Waals surface area contributed by atoms with E-state index >= 15 is 0 Å². The summed E-state index contributed by atoms with van der Waals surface area (Å²) in [4.78, 5) is 4.29. The highest BCUT2D eigenvalue weighted by molar-refractivity contribution is 5.82. The van der Waals surface area contributed by atoms with Gasteiger partial charge in [0, 0.05) is 11.1 Å². The van der Waals surface area contributed by atoms with E-state index in [-0.39, 0.29) is 17.2 Å². The largest absolute Gasteiger partial charge is 0.493 e. The van der Waals surface area contributed by atoms with Gasteiger partial charge in [0.1, 0.15) is 23.3 Å². The fourth-order valence-corrected chi connectivity index (χ4v) is 2.92. The van der Waals surface area contributed by atoms with E-state index in [0.29, 0.717) is 39.6 Å². The molecule has 0 amide bonds. The Morgan fingerprint density at radius 1 is 0.929 bits per heavy atom. The number of nitrogen functional groups attached to an aromatic ring is 1. The second-order valence-electron chi connectivity index (χ2n) is 5.85. The predicted molar refractivity (Wildman–Crippen MR) is 104 cm³/mol. The van der Waals surface area contributed by atoms with Crippen molar-refractivity contribution in [1.29, 1.82) is 5.26 Å². The highest BCUT2D eigenvalue weighted by Gasteiger charge is 2.19. The van der Waals surface area contributed by atoms with Crippen LogP contribution >= 0.6 is 0 Å². The van der Waals surface area contributed by atoms with E-state index in [0.717, 1.165) is 0 Å². The summed E-state index contributed by atoms with van der Waals surface area (Å²) in [6.07, 6.45) is 0. The van der Waals surface area contributed by atoms with Gasteiger partial charge in [-0.2, -0.15) is 5.26 Å². The molecule has 142 valence electrons. The Morgan fingerprint density at radius 3 is 2.04 bits per heavy atom. The topological polar surface area (TPSA) is 90.4 Å². The van der Waals surface area contributed by atoms with Crippen molar-refractivity contribution in [3.8, 4) is 45.7 Å². The summed E-state index contributed by atoms with van der Waals surface area (Å²) in [6, 6.07) is 13.1. The summed E-state index contributed by atoms with van der Waals surface area (Å²) < 4.78 is 29.4. The molecule has 6 nitrogen and oxygen atoms in total. The van der Waals surface area contributed by atoms with Gasteiger partial charge in [0.05, 0.1) is 27.0 Å². The smallest absolute Gasteiger partial charge is 0.203 e. The molecule has 3 rings (SSSR count). The van der Waals surface area contributed by atoms with Gasteiger partial charge in [0.15, 0.2) is 11.5 Å². The van der Waals surface area contributed by atoms with E-state index in [4.69, 9.17) is 19.9 Å². The summed E-state index contributed by atoms with van der Waals surface area (Å²) in [5, 5.41) is 9.61. The van der Waals surface area contributed by atoms with Crippen LogP contribution in [0.1, 0.15) is 5.56 Å². The maximum absolute atomic E-state index is 13.3. The number of nitrogens with two attached hydrogens (primary N) is 1. The molecule has 0 aliphatic carbocycles. The molecule has 1 aromatic heterocycles. The minimum Gasteiger partial charge on any atom is -0.493 e. The third-order valence-corrected chi connectivity index (χ3v) is 4.27. The van der Waals surface area contributed by atoms with Gasteiger partial charge in [-0.15, -0.1) is 0 Å². The second kappa shape index (κ2) is 7.84. The molecule has 0 radical (unpaired) electrons. The fourth-order valence-electron chi connectivity index (χ4n) is 2.92. The second-order valence-corrected chi connectivity index (χ2v) is 5.85. The maximum Gasteiger partial charge on any atom is 0.203 e. The Kier molecular flexibility index (Phi) is 5.32. The minimum atomic E-state index is -0.352. The first-order valence-electron chi connectivity index (χ1n) is 8.29. The Bertz CT molecular complexity index is 1030. The molecule has 0 spiro atoms. The van der Waals surface area contributed by atoms with E-state index < -0.39 is 0 Å². The molecule has 3 aromatic rings. The van der Waals surface area contributed by atoms with Crippen molar-refractivity contribution in [1.82, 2.24) is 4.98 Å². The molecule has 28 heavy (non-hydrogen) atoms. The van der Waals surface area contributed by atoms with Crippen molar-refractivity contribution >= 4 is 5.82 Å². The molecule has 0 saturated carbocycles. The fraction of sp³-hybridized carbons (Fsp3) is 0.143. The lowest BCUT2D eigenvalue weighted by Gasteiger charge is -2.16. The number of rotatable bonds is 5. The summed E-state index contributed by atoms with van der Waals surface area (Å²) in [6.45, 7) is 0. The van der Waals surface area contributed by atoms with Crippen LogP contribution in [-0.2, 0) is 0 Å². The van der Waals surface area contributed by atoms with E-state index in [2.05, 4.69) is 11.1 Å². The lowest BCUT2D eigenvalue weighted by Crippen LogP contribution is -2.01. The third-order valence-electron chi connectivity index (χ3n) is 4.27. The molecular weight excluding hydrogens is 361 g/mol. The van der Waals surface area contributed by atoms with Crippen molar-refractivity contribution in [2.75, 3.05) is 27.1 Å². The molecule has 0 atom stereocenters. The predicted octanol–water partition coefficient (Wildman–Crippen LogP) is 4.03. The first kappa shape index (κ1) is 19.0. The number of methoxy groups -OCH3 is 3. The van der Waals surface area contributed by atoms with Crippen LogP contribution in [0.3, 0.4) is 0 Å². The average molecular weight is 379 g/mol. The van der Waals surface area contributed by atoms with E-state index in [1.54, 1.807) is 30.3 Å². The average Bonchev–Trinajstić information content (AvgIpc) is 2.72. The monoisotopic (exact) mass is 379 g/mol. The summed E-state index contributed by atoms with van der Waals surface area (Å²) >= 11 is 0. The molecule has 2 N–H and O–H groups in total. The van der Waals surface area contributed by atoms with Gasteiger partial charge >= 0.3 is 0 Å². The zero-order valence-corrected chi connectivity index (χ0v) is 15.6. The van der Waals surface area contributed by atoms with Crippen molar-refractivity contribution in [3.05, 3.63) is 53.8 Å². The number of halogens is 1. The van der Waals surface area contributed by atoms with E-state index in [1.807, 2.05) is 0 Å². The normalized spacial score (nSPS) is 10.2. The number of nitrogens with zero attached hydrogens (tertiary/aromatic N) is 2. The minimum absolute atomic E-state index is 0.0769. The zero-order chi connectivity index (χ0) is 20.3. The Labute approximate surface area is 161 Å². The molecule has 7 heteroatoms. The van der Waals surface area contributed by atoms with Crippen LogP contribution in [0.4, 0.5) is 10.2 Å². The van der Waals surface area contributed by atoms with Gasteiger partial charge in [-0.25, -0.2) is 9.37 Å². The van der Waals surface area contributed by atoms with Crippen molar-refractivity contribution in [2.45, 2.75) is 0 Å². The summed E-state index contributed by atoms with van der Waals surface area (Å²) in [7, 11) is 4.53. The SMILES string of the molecule is COc1cc(-c2cc(-c3ccc(F)cc3)nc(N)c2C#N)cc(OC)c1OC. The molecule has 0 fully saturated rings. The number of ether oxygens (including phenoxy) is 3. The number of hydrogen-bond donors (Lipinski definition) is 1. The highest BCUT2D eigenvalue weighted by atomic mass is 19.1. The van der Waals surface area contributed by atoms with Crippen LogP contribution < -0.4 is 19.9 Å². The molecule has 2 aromatic carbocycles. The Balaban J connectivity index is 2.26. The number of nitriles is 1. The third kappa shape index (κ3) is 3.40. The van der Waals surface area contributed by atoms with Gasteiger partial charge in [-0.3, -0.25) is 0 Å². The quantitative estimate of drug-likeness (QED) is 0.720. The lowest BCUT2D eigenvalue weighted by molar-refractivity contribution is 0.324. The Morgan fingerprint density at radius 2 is 1.54 bits per heavy atom. The van der Waals surface area contributed by atoms with Crippen molar-refractivity contribution < 1.29 is 18.6 Å². The number of pyridine rings is 1. The Hall–Kier alpha value is -3.79. The molecule has 1 heterocycles. The lowest BCUT2D eigenvalue weighted by atomic mass is 9.97. The van der Waals surface area contributed by atoms with Crippen LogP contribution in [0, 0.1) is 17.1 Å². The summed E-state index contributed by atoms with van der Waals surface area (Å²) in [5.74, 6) is 1.05. The van der Waals surface area contributed by atoms with Crippen LogP contribution in [-0.4, -0.2) is 26.3 Å². The standard InChI is InChI=1S/C21H18FN3O3/c1-26-18-8-13(9-19(27-2)20(18)28-3)15-10-17(25-21(24)16(15)11-23)12-4-6-14(22)7-5-12/h4-10H,1-3H3,(H2,24,25). The number of aromatic nitrogens is 1. The van der Waals surface area contributed by atoms with E-state index in [9.17, 15) is 9.65 Å². The summed E-state index contributed by atoms with van der Waals surface area (Å²) in [5.41, 5.74) is 8.64. The number of benzene rings is 2. The van der Waals surface area contributed by atoms with Gasteiger partial charge < -0.3 is 19.9 Å².